The Kier molecular flexibility index (Phi) is 2.14. The van der Waals surface area contributed by atoms with Crippen LogP contribution in [-0.2, 0) is 9.53 Å². The van der Waals surface area contributed by atoms with Gasteiger partial charge in [0.25, 0.3) is 0 Å². The molecule has 74 valence electrons. The van der Waals surface area contributed by atoms with Crippen molar-refractivity contribution in [2.45, 2.75) is 6.10 Å². The van der Waals surface area contributed by atoms with Crippen LogP contribution in [0.4, 0.5) is 0 Å². The number of ketones is 1. The highest BCUT2D eigenvalue weighted by Gasteiger charge is 2.35. The zero-order valence-corrected chi connectivity index (χ0v) is 7.81. The molecule has 0 spiro atoms. The molecule has 1 heterocycles. The van der Waals surface area contributed by atoms with E-state index in [0.29, 0.717) is 5.56 Å². The smallest absolute Gasteiger partial charge is 0.223 e. The molecule has 4 nitrogen and oxygen atoms in total. The largest absolute Gasteiger partial charge is 0.462 e. The highest BCUT2D eigenvalue weighted by molar-refractivity contribution is 6.04. The lowest BCUT2D eigenvalue weighted by atomic mass is 10.0. The lowest BCUT2D eigenvalue weighted by Crippen LogP contribution is -2.09. The molecule has 2 rings (SSSR count). The molecule has 1 aromatic rings. The van der Waals surface area contributed by atoms with Gasteiger partial charge in [0.15, 0.2) is 11.7 Å². The zero-order chi connectivity index (χ0) is 10.8. The van der Waals surface area contributed by atoms with Gasteiger partial charge in [0.05, 0.1) is 0 Å². The van der Waals surface area contributed by atoms with Gasteiger partial charge in [-0.25, -0.2) is 0 Å². The van der Waals surface area contributed by atoms with Crippen molar-refractivity contribution in [2.24, 2.45) is 5.73 Å². The normalized spacial score (nSPS) is 19.9. The second kappa shape index (κ2) is 3.46. The molecule has 1 unspecified atom stereocenters. The molecule has 2 N–H and O–H groups in total. The third-order valence-corrected chi connectivity index (χ3v) is 2.19. The summed E-state index contributed by atoms with van der Waals surface area (Å²) in [5.74, 6) is -0.461. The van der Waals surface area contributed by atoms with Crippen molar-refractivity contribution >= 4 is 5.78 Å². The summed E-state index contributed by atoms with van der Waals surface area (Å²) in [6.07, 6.45) is -0.763. The number of Topliss-reactive ketones (excluding diaryl/α,β-unsaturated/α-hetero) is 1. The fraction of sp³-hybridized carbons (Fsp3) is 0.0909. The Labute approximate surface area is 86.6 Å². The van der Waals surface area contributed by atoms with Gasteiger partial charge in [0, 0.05) is 5.56 Å². The standard InChI is InChI=1S/C11H8N2O2/c12-6-8-9(14)10(15-11(8)13)7-4-2-1-3-5-7/h1-5,10H,13H2. The second-order valence-electron chi connectivity index (χ2n) is 3.12. The number of nitrogens with zero attached hydrogens (tertiary/aromatic N) is 1. The number of benzene rings is 1. The number of rotatable bonds is 1. The van der Waals surface area contributed by atoms with Crippen LogP contribution in [0.25, 0.3) is 0 Å². The molecule has 1 aliphatic heterocycles. The summed E-state index contributed by atoms with van der Waals surface area (Å²) in [6.45, 7) is 0. The zero-order valence-electron chi connectivity index (χ0n) is 7.81. The van der Waals surface area contributed by atoms with Crippen molar-refractivity contribution in [1.82, 2.24) is 0 Å². The first kappa shape index (κ1) is 9.28. The molecule has 0 radical (unpaired) electrons. The molecular weight excluding hydrogens is 192 g/mol. The predicted molar refractivity (Wildman–Crippen MR) is 52.1 cm³/mol. The monoisotopic (exact) mass is 200 g/mol. The molecule has 0 amide bonds. The van der Waals surface area contributed by atoms with Crippen LogP contribution in [0, 0.1) is 11.3 Å². The predicted octanol–water partition coefficient (Wildman–Crippen LogP) is 1.02. The lowest BCUT2D eigenvalue weighted by molar-refractivity contribution is -0.121. The van der Waals surface area contributed by atoms with Crippen molar-refractivity contribution in [3.63, 3.8) is 0 Å². The summed E-state index contributed by atoms with van der Waals surface area (Å²) in [6, 6.07) is 10.7. The Morgan fingerprint density at radius 1 is 1.33 bits per heavy atom. The van der Waals surface area contributed by atoms with Gasteiger partial charge in [0.2, 0.25) is 11.7 Å². The molecule has 4 heteroatoms. The molecule has 0 bridgehead atoms. The van der Waals surface area contributed by atoms with E-state index in [1.807, 2.05) is 6.07 Å². The van der Waals surface area contributed by atoms with E-state index < -0.39 is 6.10 Å². The molecule has 0 fully saturated rings. The summed E-state index contributed by atoms with van der Waals surface area (Å²) < 4.78 is 5.15. The van der Waals surface area contributed by atoms with E-state index in [1.54, 1.807) is 30.3 Å². The summed E-state index contributed by atoms with van der Waals surface area (Å²) in [5.41, 5.74) is 6.03. The van der Waals surface area contributed by atoms with E-state index in [4.69, 9.17) is 15.7 Å². The van der Waals surface area contributed by atoms with Crippen LogP contribution in [0.5, 0.6) is 0 Å². The summed E-state index contributed by atoms with van der Waals surface area (Å²) in [7, 11) is 0. The highest BCUT2D eigenvalue weighted by atomic mass is 16.5. The maximum absolute atomic E-state index is 11.7. The van der Waals surface area contributed by atoms with Crippen LogP contribution < -0.4 is 5.73 Å². The highest BCUT2D eigenvalue weighted by Crippen LogP contribution is 2.30. The van der Waals surface area contributed by atoms with Crippen LogP contribution in [0.2, 0.25) is 0 Å². The van der Waals surface area contributed by atoms with Gasteiger partial charge in [-0.3, -0.25) is 4.79 Å². The van der Waals surface area contributed by atoms with Crippen molar-refractivity contribution < 1.29 is 9.53 Å². The molecule has 0 saturated carbocycles. The van der Waals surface area contributed by atoms with Crippen LogP contribution >= 0.6 is 0 Å². The number of nitriles is 1. The first-order chi connectivity index (χ1) is 7.24. The molecular formula is C11H8N2O2. The Morgan fingerprint density at radius 3 is 2.53 bits per heavy atom. The molecule has 0 saturated heterocycles. The van der Waals surface area contributed by atoms with Gasteiger partial charge in [-0.2, -0.15) is 5.26 Å². The van der Waals surface area contributed by atoms with Crippen LogP contribution in [-0.4, -0.2) is 5.78 Å². The molecule has 0 aliphatic carbocycles. The molecule has 0 aromatic heterocycles. The Balaban J connectivity index is 2.33. The van der Waals surface area contributed by atoms with Gasteiger partial charge >= 0.3 is 0 Å². The van der Waals surface area contributed by atoms with Crippen molar-refractivity contribution in [2.75, 3.05) is 0 Å². The van der Waals surface area contributed by atoms with E-state index in [-0.39, 0.29) is 17.2 Å². The number of hydrogen-bond acceptors (Lipinski definition) is 4. The van der Waals surface area contributed by atoms with Gasteiger partial charge in [0.1, 0.15) is 6.07 Å². The minimum atomic E-state index is -0.763. The van der Waals surface area contributed by atoms with E-state index in [9.17, 15) is 4.79 Å². The maximum atomic E-state index is 11.7. The van der Waals surface area contributed by atoms with E-state index in [1.165, 1.54) is 0 Å². The van der Waals surface area contributed by atoms with Crippen LogP contribution in [0.15, 0.2) is 41.8 Å². The number of carbonyl (C=O) groups is 1. The topological polar surface area (TPSA) is 76.1 Å². The summed E-state index contributed by atoms with van der Waals surface area (Å²) >= 11 is 0. The first-order valence-corrected chi connectivity index (χ1v) is 4.39. The average Bonchev–Trinajstić information content (AvgIpc) is 2.55. The third-order valence-electron chi connectivity index (χ3n) is 2.19. The van der Waals surface area contributed by atoms with Crippen LogP contribution in [0.1, 0.15) is 11.7 Å². The molecule has 15 heavy (non-hydrogen) atoms. The van der Waals surface area contributed by atoms with Gasteiger partial charge in [-0.1, -0.05) is 30.3 Å². The Morgan fingerprint density at radius 2 is 2.00 bits per heavy atom. The van der Waals surface area contributed by atoms with Gasteiger partial charge in [-0.15, -0.1) is 0 Å². The fourth-order valence-electron chi connectivity index (χ4n) is 1.45. The Bertz CT molecular complexity index is 471. The average molecular weight is 200 g/mol. The van der Waals surface area contributed by atoms with Crippen LogP contribution in [0.3, 0.4) is 0 Å². The van der Waals surface area contributed by atoms with Crippen molar-refractivity contribution in [3.05, 3.63) is 47.4 Å². The van der Waals surface area contributed by atoms with E-state index >= 15 is 0 Å². The number of carbonyl (C=O) groups excluding carboxylic acids is 1. The maximum Gasteiger partial charge on any atom is 0.223 e. The lowest BCUT2D eigenvalue weighted by Gasteiger charge is -2.09. The first-order valence-electron chi connectivity index (χ1n) is 4.39. The SMILES string of the molecule is N#CC1=C(N)OC(c2ccccc2)C1=O. The molecule has 1 atom stereocenters. The molecule has 1 aliphatic rings. The quantitative estimate of drug-likeness (QED) is 0.734. The van der Waals surface area contributed by atoms with Crippen molar-refractivity contribution in [1.29, 1.82) is 5.26 Å². The number of hydrogen-bond donors (Lipinski definition) is 1. The molecule has 1 aromatic carbocycles. The minimum Gasteiger partial charge on any atom is -0.462 e. The summed E-state index contributed by atoms with van der Waals surface area (Å²) in [4.78, 5) is 11.7. The number of ether oxygens (including phenoxy) is 1. The second-order valence-corrected chi connectivity index (χ2v) is 3.12. The third kappa shape index (κ3) is 1.44. The minimum absolute atomic E-state index is 0.0867. The van der Waals surface area contributed by atoms with E-state index in [2.05, 4.69) is 0 Å². The fourth-order valence-corrected chi connectivity index (χ4v) is 1.45. The van der Waals surface area contributed by atoms with Crippen molar-refractivity contribution in [3.8, 4) is 6.07 Å². The van der Waals surface area contributed by atoms with E-state index in [0.717, 1.165) is 0 Å². The van der Waals surface area contributed by atoms with Gasteiger partial charge in [-0.05, 0) is 0 Å². The Hall–Kier alpha value is -2.28. The van der Waals surface area contributed by atoms with Gasteiger partial charge < -0.3 is 10.5 Å². The summed E-state index contributed by atoms with van der Waals surface area (Å²) in [5, 5.41) is 8.68. The number of nitrogens with two attached hydrogens (primary N) is 1.